The third-order valence-corrected chi connectivity index (χ3v) is 3.03. The van der Waals surface area contributed by atoms with Crippen LogP contribution < -0.4 is 16.0 Å². The Kier molecular flexibility index (Phi) is 9.05. The zero-order chi connectivity index (χ0) is 18.0. The molecule has 0 aromatic carbocycles. The molecule has 0 aliphatic rings. The third-order valence-electron chi connectivity index (χ3n) is 3.03. The number of amides is 3. The van der Waals surface area contributed by atoms with Crippen LogP contribution in [0.15, 0.2) is 0 Å². The topological polar surface area (TPSA) is 106 Å². The lowest BCUT2D eigenvalue weighted by molar-refractivity contribution is -0.144. The zero-order valence-electron chi connectivity index (χ0n) is 14.8. The van der Waals surface area contributed by atoms with Gasteiger partial charge in [-0.05, 0) is 26.7 Å². The summed E-state index contributed by atoms with van der Waals surface area (Å²) in [5.74, 6) is -0.533. The Morgan fingerprint density at radius 1 is 1.09 bits per heavy atom. The van der Waals surface area contributed by atoms with E-state index in [0.717, 1.165) is 6.42 Å². The second-order valence-electron chi connectivity index (χ2n) is 6.22. The number of nitrogens with one attached hydrogen (secondary N) is 3. The predicted octanol–water partition coefficient (Wildman–Crippen LogP) is 1.40. The monoisotopic (exact) mass is 331 g/mol. The molecule has 0 unspecified atom stereocenters. The van der Waals surface area contributed by atoms with Crippen LogP contribution in [-0.2, 0) is 14.3 Å². The van der Waals surface area contributed by atoms with Crippen LogP contribution in [0.4, 0.5) is 9.59 Å². The molecule has 0 aliphatic carbocycles. The fourth-order valence-corrected chi connectivity index (χ4v) is 1.64. The van der Waals surface area contributed by atoms with Crippen LogP contribution in [0.2, 0.25) is 0 Å². The first kappa shape index (κ1) is 21.0. The first-order valence-electron chi connectivity index (χ1n) is 7.69. The summed E-state index contributed by atoms with van der Waals surface area (Å²) in [6.07, 6.45) is 0.173. The van der Waals surface area contributed by atoms with E-state index in [4.69, 9.17) is 4.74 Å². The minimum Gasteiger partial charge on any atom is -0.467 e. The maximum Gasteiger partial charge on any atom is 0.407 e. The van der Waals surface area contributed by atoms with Crippen LogP contribution in [-0.4, -0.2) is 49.9 Å². The Hall–Kier alpha value is -1.99. The van der Waals surface area contributed by atoms with Crippen LogP contribution in [0.25, 0.3) is 0 Å². The predicted molar refractivity (Wildman–Crippen MR) is 86.0 cm³/mol. The van der Waals surface area contributed by atoms with Gasteiger partial charge in [0.2, 0.25) is 0 Å². The standard InChI is InChI=1S/C15H29N3O5/c1-7-10(2)11(12(19)22-6)18-13(20)16-8-9-17-14(21)23-15(3,4)5/h10-11H,7-9H2,1-6H3,(H,17,21)(H2,16,18,20)/t10-,11+/m1/s1. The number of hydrogen-bond donors (Lipinski definition) is 3. The van der Waals surface area contributed by atoms with E-state index in [2.05, 4.69) is 20.7 Å². The Bertz CT molecular complexity index is 406. The molecule has 0 saturated heterocycles. The maximum atomic E-state index is 11.8. The van der Waals surface area contributed by atoms with Gasteiger partial charge in [0.25, 0.3) is 0 Å². The number of hydrogen-bond acceptors (Lipinski definition) is 5. The first-order valence-corrected chi connectivity index (χ1v) is 7.69. The summed E-state index contributed by atoms with van der Waals surface area (Å²) in [5, 5.41) is 7.66. The van der Waals surface area contributed by atoms with Gasteiger partial charge in [0.1, 0.15) is 11.6 Å². The van der Waals surface area contributed by atoms with E-state index in [1.807, 2.05) is 13.8 Å². The van der Waals surface area contributed by atoms with Gasteiger partial charge >= 0.3 is 18.1 Å². The molecule has 3 amide bonds. The smallest absolute Gasteiger partial charge is 0.407 e. The highest BCUT2D eigenvalue weighted by atomic mass is 16.6. The lowest BCUT2D eigenvalue weighted by Gasteiger charge is -2.22. The van der Waals surface area contributed by atoms with Gasteiger partial charge in [-0.1, -0.05) is 20.3 Å². The van der Waals surface area contributed by atoms with Gasteiger partial charge in [-0.3, -0.25) is 0 Å². The second-order valence-corrected chi connectivity index (χ2v) is 6.22. The Morgan fingerprint density at radius 3 is 2.13 bits per heavy atom. The molecule has 23 heavy (non-hydrogen) atoms. The van der Waals surface area contributed by atoms with E-state index < -0.39 is 29.7 Å². The quantitative estimate of drug-likeness (QED) is 0.483. The molecule has 8 heteroatoms. The van der Waals surface area contributed by atoms with E-state index in [9.17, 15) is 14.4 Å². The van der Waals surface area contributed by atoms with Crippen molar-refractivity contribution in [2.24, 2.45) is 5.92 Å². The lowest BCUT2D eigenvalue weighted by Crippen LogP contribution is -2.50. The van der Waals surface area contributed by atoms with Gasteiger partial charge in [0.05, 0.1) is 7.11 Å². The summed E-state index contributed by atoms with van der Waals surface area (Å²) in [6, 6.07) is -1.20. The summed E-state index contributed by atoms with van der Waals surface area (Å²) in [5.41, 5.74) is -0.571. The second kappa shape index (κ2) is 9.91. The normalized spacial score (nSPS) is 13.5. The van der Waals surface area contributed by atoms with Gasteiger partial charge in [0, 0.05) is 13.1 Å². The van der Waals surface area contributed by atoms with Gasteiger partial charge in [-0.15, -0.1) is 0 Å². The van der Waals surface area contributed by atoms with Crippen LogP contribution in [0.5, 0.6) is 0 Å². The number of methoxy groups -OCH3 is 1. The van der Waals surface area contributed by atoms with E-state index in [1.165, 1.54) is 7.11 Å². The molecule has 134 valence electrons. The lowest BCUT2D eigenvalue weighted by atomic mass is 9.99. The van der Waals surface area contributed by atoms with Crippen LogP contribution in [0.1, 0.15) is 41.0 Å². The van der Waals surface area contributed by atoms with Crippen molar-refractivity contribution in [1.82, 2.24) is 16.0 Å². The summed E-state index contributed by atoms with van der Waals surface area (Å²) >= 11 is 0. The number of esters is 1. The van der Waals surface area contributed by atoms with Crippen molar-refractivity contribution in [1.29, 1.82) is 0 Å². The largest absolute Gasteiger partial charge is 0.467 e. The average Bonchev–Trinajstić information content (AvgIpc) is 2.45. The molecule has 0 aromatic heterocycles. The SMILES string of the molecule is CC[C@@H](C)[C@H](NC(=O)NCCNC(=O)OC(C)(C)C)C(=O)OC. The number of rotatable bonds is 7. The van der Waals surface area contributed by atoms with Gasteiger partial charge in [-0.2, -0.15) is 0 Å². The molecule has 0 radical (unpaired) electrons. The van der Waals surface area contributed by atoms with Crippen LogP contribution in [0.3, 0.4) is 0 Å². The van der Waals surface area contributed by atoms with Crippen LogP contribution >= 0.6 is 0 Å². The van der Waals surface area contributed by atoms with Crippen molar-refractivity contribution >= 4 is 18.1 Å². The molecule has 0 aromatic rings. The van der Waals surface area contributed by atoms with Crippen LogP contribution in [0, 0.1) is 5.92 Å². The fraction of sp³-hybridized carbons (Fsp3) is 0.800. The molecule has 8 nitrogen and oxygen atoms in total. The number of carbonyl (C=O) groups is 3. The molecule has 0 heterocycles. The molecule has 2 atom stereocenters. The zero-order valence-corrected chi connectivity index (χ0v) is 14.8. The molecule has 0 saturated carbocycles. The Morgan fingerprint density at radius 2 is 1.65 bits per heavy atom. The molecule has 0 bridgehead atoms. The maximum absolute atomic E-state index is 11.8. The van der Waals surface area contributed by atoms with E-state index in [1.54, 1.807) is 20.8 Å². The minimum atomic E-state index is -0.705. The van der Waals surface area contributed by atoms with Crippen molar-refractivity contribution in [2.45, 2.75) is 52.7 Å². The third kappa shape index (κ3) is 9.59. The molecular formula is C15H29N3O5. The van der Waals surface area contributed by atoms with Crippen molar-refractivity contribution in [2.75, 3.05) is 20.2 Å². The highest BCUT2D eigenvalue weighted by Crippen LogP contribution is 2.09. The highest BCUT2D eigenvalue weighted by Gasteiger charge is 2.26. The van der Waals surface area contributed by atoms with E-state index in [0.29, 0.717) is 0 Å². The Labute approximate surface area is 137 Å². The Balaban J connectivity index is 4.14. The van der Waals surface area contributed by atoms with Crippen molar-refractivity contribution < 1.29 is 23.9 Å². The van der Waals surface area contributed by atoms with Crippen molar-refractivity contribution in [3.63, 3.8) is 0 Å². The summed E-state index contributed by atoms with van der Waals surface area (Å²) in [4.78, 5) is 34.9. The summed E-state index contributed by atoms with van der Waals surface area (Å²) in [6.45, 7) is 9.49. The van der Waals surface area contributed by atoms with Gasteiger partial charge in [-0.25, -0.2) is 14.4 Å². The molecule has 0 aliphatic heterocycles. The van der Waals surface area contributed by atoms with E-state index >= 15 is 0 Å². The fourth-order valence-electron chi connectivity index (χ4n) is 1.64. The number of urea groups is 1. The number of carbonyl (C=O) groups excluding carboxylic acids is 3. The first-order chi connectivity index (χ1) is 10.6. The highest BCUT2D eigenvalue weighted by molar-refractivity contribution is 5.83. The molecule has 3 N–H and O–H groups in total. The molecule has 0 fully saturated rings. The van der Waals surface area contributed by atoms with Gasteiger partial charge in [0.15, 0.2) is 0 Å². The van der Waals surface area contributed by atoms with Crippen molar-refractivity contribution in [3.05, 3.63) is 0 Å². The summed E-state index contributed by atoms with van der Waals surface area (Å²) < 4.78 is 9.75. The minimum absolute atomic E-state index is 0.0481. The number of alkyl carbamates (subject to hydrolysis) is 1. The molecule has 0 rings (SSSR count). The van der Waals surface area contributed by atoms with Gasteiger partial charge < -0.3 is 25.4 Å². The van der Waals surface area contributed by atoms with E-state index in [-0.39, 0.29) is 19.0 Å². The average molecular weight is 331 g/mol. The molecule has 0 spiro atoms. The number of ether oxygens (including phenoxy) is 2. The van der Waals surface area contributed by atoms with Crippen molar-refractivity contribution in [3.8, 4) is 0 Å². The molecular weight excluding hydrogens is 302 g/mol. The summed E-state index contributed by atoms with van der Waals surface area (Å²) in [7, 11) is 1.28.